The van der Waals surface area contributed by atoms with Crippen molar-refractivity contribution >= 4 is 37.2 Å². The van der Waals surface area contributed by atoms with Gasteiger partial charge < -0.3 is 13.9 Å². The summed E-state index contributed by atoms with van der Waals surface area (Å²) in [7, 11) is -1.60. The van der Waals surface area contributed by atoms with E-state index in [9.17, 15) is 14.4 Å². The standard InChI is InChI=1S/C30H41NO6Si/c1-29(2,3)37-28(34)31(23-32)24(16-14-15-21-27(33)35-7)22-36-38(30(4,5)6,25-17-10-8-11-18-25)26-19-12-9-13-20-26/h8-13,15,17-21,23-24H,14,16,22H2,1-7H3/b21-15+. The number of ether oxygens (including phenoxy) is 2. The second kappa shape index (κ2) is 13.5. The number of carbonyl (C=O) groups excluding carboxylic acids is 3. The Morgan fingerprint density at radius 3 is 1.87 bits per heavy atom. The van der Waals surface area contributed by atoms with Gasteiger partial charge in [0.25, 0.3) is 8.32 Å². The van der Waals surface area contributed by atoms with Crippen LogP contribution in [0, 0.1) is 0 Å². The number of amides is 2. The second-order valence-corrected chi connectivity index (χ2v) is 15.4. The quantitative estimate of drug-likeness (QED) is 0.176. The van der Waals surface area contributed by atoms with Crippen LogP contribution in [0.4, 0.5) is 4.79 Å². The smallest absolute Gasteiger partial charge is 0.417 e. The number of nitrogens with zero attached hydrogens (tertiary/aromatic N) is 1. The van der Waals surface area contributed by atoms with Crippen LogP contribution in [-0.2, 0) is 23.5 Å². The van der Waals surface area contributed by atoms with Crippen LogP contribution in [0.5, 0.6) is 0 Å². The first-order chi connectivity index (χ1) is 17.9. The van der Waals surface area contributed by atoms with E-state index in [1.54, 1.807) is 26.8 Å². The van der Waals surface area contributed by atoms with E-state index in [-0.39, 0.29) is 11.6 Å². The average Bonchev–Trinajstić information content (AvgIpc) is 2.86. The molecular formula is C30H41NO6Si. The molecule has 0 spiro atoms. The maximum atomic E-state index is 13.0. The van der Waals surface area contributed by atoms with E-state index in [4.69, 9.17) is 9.16 Å². The van der Waals surface area contributed by atoms with E-state index in [0.717, 1.165) is 15.3 Å². The zero-order chi connectivity index (χ0) is 28.4. The summed E-state index contributed by atoms with van der Waals surface area (Å²) in [6.45, 7) is 11.9. The Morgan fingerprint density at radius 2 is 1.45 bits per heavy atom. The predicted octanol–water partition coefficient (Wildman–Crippen LogP) is 4.83. The van der Waals surface area contributed by atoms with E-state index in [0.29, 0.717) is 19.3 Å². The molecule has 2 aromatic carbocycles. The average molecular weight is 540 g/mol. The van der Waals surface area contributed by atoms with Crippen molar-refractivity contribution in [3.05, 3.63) is 72.8 Å². The summed E-state index contributed by atoms with van der Waals surface area (Å²) >= 11 is 0. The Balaban J connectivity index is 2.51. The minimum Gasteiger partial charge on any atom is -0.466 e. The van der Waals surface area contributed by atoms with Gasteiger partial charge in [-0.05, 0) is 49.0 Å². The van der Waals surface area contributed by atoms with E-state index >= 15 is 0 Å². The third kappa shape index (κ3) is 8.13. The summed E-state index contributed by atoms with van der Waals surface area (Å²) < 4.78 is 17.2. The van der Waals surface area contributed by atoms with Crippen LogP contribution in [0.15, 0.2) is 72.8 Å². The van der Waals surface area contributed by atoms with Gasteiger partial charge in [-0.1, -0.05) is 87.5 Å². The molecule has 0 saturated heterocycles. The Morgan fingerprint density at radius 1 is 0.921 bits per heavy atom. The van der Waals surface area contributed by atoms with Crippen LogP contribution in [-0.4, -0.2) is 57.0 Å². The van der Waals surface area contributed by atoms with Crippen LogP contribution in [0.1, 0.15) is 54.4 Å². The summed E-state index contributed by atoms with van der Waals surface area (Å²) in [4.78, 5) is 37.8. The molecule has 0 heterocycles. The minimum absolute atomic E-state index is 0.108. The lowest BCUT2D eigenvalue weighted by Gasteiger charge is -2.44. The largest absolute Gasteiger partial charge is 0.466 e. The van der Waals surface area contributed by atoms with Crippen molar-refractivity contribution in [3.63, 3.8) is 0 Å². The fraction of sp³-hybridized carbons (Fsp3) is 0.433. The Labute approximate surface area is 227 Å². The molecule has 2 amide bonds. The van der Waals surface area contributed by atoms with Gasteiger partial charge in [0.2, 0.25) is 6.41 Å². The number of hydrogen-bond donors (Lipinski definition) is 0. The number of rotatable bonds is 11. The van der Waals surface area contributed by atoms with Gasteiger partial charge in [-0.25, -0.2) is 14.5 Å². The minimum atomic E-state index is -2.91. The molecule has 2 aromatic rings. The van der Waals surface area contributed by atoms with Gasteiger partial charge >= 0.3 is 12.1 Å². The van der Waals surface area contributed by atoms with E-state index in [1.165, 1.54) is 13.2 Å². The number of carbonyl (C=O) groups is 3. The van der Waals surface area contributed by atoms with Crippen molar-refractivity contribution in [1.29, 1.82) is 0 Å². The zero-order valence-corrected chi connectivity index (χ0v) is 24.6. The predicted molar refractivity (Wildman–Crippen MR) is 152 cm³/mol. The van der Waals surface area contributed by atoms with Crippen LogP contribution in [0.2, 0.25) is 5.04 Å². The number of imide groups is 1. The maximum Gasteiger partial charge on any atom is 0.417 e. The molecule has 8 heteroatoms. The molecule has 0 aliphatic rings. The molecule has 2 rings (SSSR count). The van der Waals surface area contributed by atoms with Crippen molar-refractivity contribution in [2.75, 3.05) is 13.7 Å². The van der Waals surface area contributed by atoms with E-state index < -0.39 is 32.0 Å². The molecule has 7 nitrogen and oxygen atoms in total. The van der Waals surface area contributed by atoms with E-state index in [2.05, 4.69) is 49.8 Å². The summed E-state index contributed by atoms with van der Waals surface area (Å²) in [6, 6.07) is 19.7. The first-order valence-electron chi connectivity index (χ1n) is 12.8. The van der Waals surface area contributed by atoms with Gasteiger partial charge in [-0.15, -0.1) is 0 Å². The monoisotopic (exact) mass is 539 g/mol. The molecule has 0 fully saturated rings. The summed E-state index contributed by atoms with van der Waals surface area (Å²) in [5, 5.41) is 1.92. The van der Waals surface area contributed by atoms with Crippen molar-refractivity contribution in [1.82, 2.24) is 4.90 Å². The molecule has 38 heavy (non-hydrogen) atoms. The molecule has 0 aliphatic carbocycles. The Hall–Kier alpha value is -3.23. The molecule has 0 bridgehead atoms. The SMILES string of the molecule is COC(=O)/C=C/CCC(CO[Si](c1ccccc1)(c1ccccc1)C(C)(C)C)N(C=O)C(=O)OC(C)(C)C. The lowest BCUT2D eigenvalue weighted by Crippen LogP contribution is -2.67. The number of hydrogen-bond acceptors (Lipinski definition) is 6. The van der Waals surface area contributed by atoms with Crippen LogP contribution < -0.4 is 10.4 Å². The lowest BCUT2D eigenvalue weighted by atomic mass is 10.1. The van der Waals surface area contributed by atoms with Gasteiger partial charge in [-0.3, -0.25) is 4.79 Å². The highest BCUT2D eigenvalue weighted by molar-refractivity contribution is 6.99. The molecule has 1 atom stereocenters. The molecule has 0 saturated carbocycles. The Bertz CT molecular complexity index is 1030. The van der Waals surface area contributed by atoms with Crippen molar-refractivity contribution in [3.8, 4) is 0 Å². The van der Waals surface area contributed by atoms with Gasteiger partial charge in [0.15, 0.2) is 0 Å². The summed E-state index contributed by atoms with van der Waals surface area (Å²) in [5.41, 5.74) is -0.771. The van der Waals surface area contributed by atoms with Crippen LogP contribution in [0.3, 0.4) is 0 Å². The zero-order valence-electron chi connectivity index (χ0n) is 23.6. The normalized spacial score (nSPS) is 13.1. The van der Waals surface area contributed by atoms with Gasteiger partial charge in [-0.2, -0.15) is 0 Å². The lowest BCUT2D eigenvalue weighted by molar-refractivity contribution is -0.134. The first-order valence-corrected chi connectivity index (χ1v) is 14.7. The molecule has 0 N–H and O–H groups in total. The number of benzene rings is 2. The Kier molecular flexibility index (Phi) is 11.0. The third-order valence-corrected chi connectivity index (χ3v) is 11.1. The van der Waals surface area contributed by atoms with Crippen molar-refractivity contribution in [2.24, 2.45) is 0 Å². The first kappa shape index (κ1) is 31.0. The third-order valence-electron chi connectivity index (χ3n) is 6.14. The molecular weight excluding hydrogens is 498 g/mol. The highest BCUT2D eigenvalue weighted by atomic mass is 28.4. The molecule has 206 valence electrons. The van der Waals surface area contributed by atoms with Crippen molar-refractivity contribution in [2.45, 2.75) is 71.1 Å². The number of methoxy groups -OCH3 is 1. The van der Waals surface area contributed by atoms with Crippen LogP contribution in [0.25, 0.3) is 0 Å². The number of esters is 1. The van der Waals surface area contributed by atoms with Gasteiger partial charge in [0, 0.05) is 6.08 Å². The molecule has 0 aromatic heterocycles. The van der Waals surface area contributed by atoms with Crippen molar-refractivity contribution < 1.29 is 28.3 Å². The van der Waals surface area contributed by atoms with Crippen LogP contribution >= 0.6 is 0 Å². The summed E-state index contributed by atoms with van der Waals surface area (Å²) in [6.07, 6.45) is 3.57. The fourth-order valence-corrected chi connectivity index (χ4v) is 9.01. The second-order valence-electron chi connectivity index (χ2n) is 11.1. The van der Waals surface area contributed by atoms with Gasteiger partial charge in [0.05, 0.1) is 19.8 Å². The molecule has 1 unspecified atom stereocenters. The maximum absolute atomic E-state index is 13.0. The summed E-state index contributed by atoms with van der Waals surface area (Å²) in [5.74, 6) is -0.468. The van der Waals surface area contributed by atoms with E-state index in [1.807, 2.05) is 36.4 Å². The topological polar surface area (TPSA) is 82.1 Å². The highest BCUT2D eigenvalue weighted by Crippen LogP contribution is 2.37. The van der Waals surface area contributed by atoms with Gasteiger partial charge in [0.1, 0.15) is 5.60 Å². The highest BCUT2D eigenvalue weighted by Gasteiger charge is 2.50. The fourth-order valence-electron chi connectivity index (χ4n) is 4.41. The molecule has 0 radical (unpaired) electrons. The number of allylic oxidation sites excluding steroid dienone is 1. The molecule has 0 aliphatic heterocycles.